The van der Waals surface area contributed by atoms with Crippen LogP contribution in [-0.2, 0) is 0 Å². The maximum absolute atomic E-state index is 12.2. The van der Waals surface area contributed by atoms with Crippen LogP contribution in [0.4, 0.5) is 48.7 Å². The summed E-state index contributed by atoms with van der Waals surface area (Å²) in [6.07, 6.45) is -1.83. The Kier molecular flexibility index (Phi) is 8.37. The molecule has 0 aromatic heterocycles. The van der Waals surface area contributed by atoms with E-state index < -0.39 is 75.8 Å². The molecule has 0 fully saturated rings. The van der Waals surface area contributed by atoms with E-state index in [0.29, 0.717) is 0 Å². The SMILES string of the molecule is O=C(O)O.Oc1c(F)c(F)c(F)c(F)c1F.Oc1c(F)c(F)c(F)c(F)c1F. The summed E-state index contributed by atoms with van der Waals surface area (Å²) in [6, 6.07) is 0. The first-order valence-electron chi connectivity index (χ1n) is 5.99. The van der Waals surface area contributed by atoms with Gasteiger partial charge in [0.05, 0.1) is 0 Å². The van der Waals surface area contributed by atoms with Crippen LogP contribution in [0, 0.1) is 58.2 Å². The van der Waals surface area contributed by atoms with E-state index in [1.165, 1.54) is 0 Å². The highest BCUT2D eigenvalue weighted by Gasteiger charge is 2.25. The van der Waals surface area contributed by atoms with Gasteiger partial charge in [0.2, 0.25) is 58.2 Å². The highest BCUT2D eigenvalue weighted by molar-refractivity contribution is 5.53. The van der Waals surface area contributed by atoms with Gasteiger partial charge in [-0.05, 0) is 0 Å². The third-order valence-electron chi connectivity index (χ3n) is 2.37. The first-order valence-corrected chi connectivity index (χ1v) is 5.99. The highest BCUT2D eigenvalue weighted by Crippen LogP contribution is 2.28. The van der Waals surface area contributed by atoms with Gasteiger partial charge in [-0.25, -0.2) is 31.1 Å². The number of halogens is 10. The van der Waals surface area contributed by atoms with Crippen LogP contribution in [0.15, 0.2) is 0 Å². The number of carbonyl (C=O) groups is 1. The van der Waals surface area contributed by atoms with Crippen LogP contribution < -0.4 is 0 Å². The van der Waals surface area contributed by atoms with Crippen molar-refractivity contribution in [3.05, 3.63) is 58.2 Å². The van der Waals surface area contributed by atoms with E-state index in [0.717, 1.165) is 0 Å². The average molecular weight is 430 g/mol. The van der Waals surface area contributed by atoms with E-state index in [9.17, 15) is 43.9 Å². The quantitative estimate of drug-likeness (QED) is 0.282. The van der Waals surface area contributed by atoms with E-state index >= 15 is 0 Å². The van der Waals surface area contributed by atoms with Crippen molar-refractivity contribution in [3.8, 4) is 11.5 Å². The summed E-state index contributed by atoms with van der Waals surface area (Å²) >= 11 is 0. The second-order valence-electron chi connectivity index (χ2n) is 4.12. The summed E-state index contributed by atoms with van der Waals surface area (Å²) in [6.45, 7) is 0. The van der Waals surface area contributed by atoms with Gasteiger partial charge in [0, 0.05) is 0 Å². The third kappa shape index (κ3) is 5.31. The Morgan fingerprint density at radius 3 is 0.679 bits per heavy atom. The lowest BCUT2D eigenvalue weighted by molar-refractivity contribution is 0.137. The summed E-state index contributed by atoms with van der Waals surface area (Å²) in [4.78, 5) is 8.56. The third-order valence-corrected chi connectivity index (χ3v) is 2.37. The molecule has 2 rings (SSSR count). The largest absolute Gasteiger partial charge is 0.503 e. The van der Waals surface area contributed by atoms with Gasteiger partial charge in [0.15, 0.2) is 11.5 Å². The molecule has 28 heavy (non-hydrogen) atoms. The van der Waals surface area contributed by atoms with E-state index in [2.05, 4.69) is 0 Å². The number of benzene rings is 2. The number of phenols is 2. The molecule has 2 aromatic rings. The molecule has 0 radical (unpaired) electrons. The van der Waals surface area contributed by atoms with Crippen molar-refractivity contribution in [2.24, 2.45) is 0 Å². The Balaban J connectivity index is 0.000000439. The highest BCUT2D eigenvalue weighted by atomic mass is 19.2. The first-order chi connectivity index (χ1) is 12.7. The normalized spacial score (nSPS) is 9.79. The van der Waals surface area contributed by atoms with Crippen molar-refractivity contribution >= 4 is 6.16 Å². The van der Waals surface area contributed by atoms with Gasteiger partial charge in [0.25, 0.3) is 0 Å². The van der Waals surface area contributed by atoms with Crippen LogP contribution in [0.25, 0.3) is 0 Å². The summed E-state index contributed by atoms with van der Waals surface area (Å²) in [7, 11) is 0. The minimum Gasteiger partial charge on any atom is -0.503 e. The van der Waals surface area contributed by atoms with Gasteiger partial charge < -0.3 is 20.4 Å². The molecule has 2 aromatic carbocycles. The lowest BCUT2D eigenvalue weighted by atomic mass is 10.3. The van der Waals surface area contributed by atoms with Crippen LogP contribution >= 0.6 is 0 Å². The number of hydrogen-bond acceptors (Lipinski definition) is 3. The average Bonchev–Trinajstić information content (AvgIpc) is 2.64. The van der Waals surface area contributed by atoms with Crippen LogP contribution in [0.3, 0.4) is 0 Å². The molecule has 0 heterocycles. The zero-order chi connectivity index (χ0) is 22.5. The lowest BCUT2D eigenvalue weighted by Gasteiger charge is -2.00. The minimum absolute atomic E-state index is 1.83. The Hall–Kier alpha value is -3.39. The number of hydrogen-bond donors (Lipinski definition) is 4. The molecule has 0 aliphatic rings. The Morgan fingerprint density at radius 1 is 0.429 bits per heavy atom. The van der Waals surface area contributed by atoms with E-state index in [4.69, 9.17) is 25.2 Å². The molecule has 0 unspecified atom stereocenters. The second kappa shape index (κ2) is 9.52. The number of aromatic hydroxyl groups is 2. The maximum Gasteiger partial charge on any atom is 0.503 e. The molecule has 0 bridgehead atoms. The molecule has 5 nitrogen and oxygen atoms in total. The first kappa shape index (κ1) is 24.6. The molecule has 0 amide bonds. The van der Waals surface area contributed by atoms with Gasteiger partial charge in [0.1, 0.15) is 0 Å². The molecular formula is C13H4F10O5. The van der Waals surface area contributed by atoms with Gasteiger partial charge in [-0.15, -0.1) is 0 Å². The van der Waals surface area contributed by atoms with Crippen LogP contribution in [0.1, 0.15) is 0 Å². The molecule has 0 saturated heterocycles. The lowest BCUT2D eigenvalue weighted by Crippen LogP contribution is -2.00. The van der Waals surface area contributed by atoms with Crippen molar-refractivity contribution in [1.82, 2.24) is 0 Å². The molecule has 0 aliphatic carbocycles. The second-order valence-corrected chi connectivity index (χ2v) is 4.12. The van der Waals surface area contributed by atoms with Crippen molar-refractivity contribution in [1.29, 1.82) is 0 Å². The number of rotatable bonds is 0. The molecule has 4 N–H and O–H groups in total. The van der Waals surface area contributed by atoms with Crippen molar-refractivity contribution in [2.75, 3.05) is 0 Å². The Morgan fingerprint density at radius 2 is 0.536 bits per heavy atom. The molecule has 0 aliphatic heterocycles. The topological polar surface area (TPSA) is 98.0 Å². The van der Waals surface area contributed by atoms with E-state index in [1.54, 1.807) is 0 Å². The fraction of sp³-hybridized carbons (Fsp3) is 0. The molecule has 0 atom stereocenters. The fourth-order valence-electron chi connectivity index (χ4n) is 1.19. The van der Waals surface area contributed by atoms with Crippen molar-refractivity contribution in [2.45, 2.75) is 0 Å². The smallest absolute Gasteiger partial charge is 0.503 e. The maximum atomic E-state index is 12.2. The Labute approximate surface area is 146 Å². The molecule has 156 valence electrons. The predicted octanol–water partition coefficient (Wildman–Crippen LogP) is 4.40. The zero-order valence-corrected chi connectivity index (χ0v) is 12.5. The van der Waals surface area contributed by atoms with Gasteiger partial charge >= 0.3 is 6.16 Å². The predicted molar refractivity (Wildman–Crippen MR) is 66.4 cm³/mol. The van der Waals surface area contributed by atoms with E-state index in [1.807, 2.05) is 0 Å². The fourth-order valence-corrected chi connectivity index (χ4v) is 1.19. The summed E-state index contributed by atoms with van der Waals surface area (Å²) < 4.78 is 121. The van der Waals surface area contributed by atoms with Crippen LogP contribution in [-0.4, -0.2) is 26.6 Å². The zero-order valence-electron chi connectivity index (χ0n) is 12.5. The monoisotopic (exact) mass is 430 g/mol. The molecular weight excluding hydrogens is 426 g/mol. The standard InChI is InChI=1S/2C6HF5O.CH2O3/c2*7-1-2(8)4(10)6(12)5(11)3(1)9;2-1(3)4/h2*12H;(H2,2,3,4). The van der Waals surface area contributed by atoms with Gasteiger partial charge in [-0.2, -0.15) is 17.6 Å². The van der Waals surface area contributed by atoms with E-state index in [-0.39, 0.29) is 0 Å². The summed E-state index contributed by atoms with van der Waals surface area (Å²) in [5.41, 5.74) is 0. The Bertz CT molecular complexity index is 621. The van der Waals surface area contributed by atoms with Gasteiger partial charge in [-0.3, -0.25) is 0 Å². The van der Waals surface area contributed by atoms with Gasteiger partial charge in [-0.1, -0.05) is 0 Å². The summed E-state index contributed by atoms with van der Waals surface area (Å²) in [5.74, 6) is -25.9. The van der Waals surface area contributed by atoms with Crippen LogP contribution in [0.2, 0.25) is 0 Å². The molecule has 0 saturated carbocycles. The van der Waals surface area contributed by atoms with Crippen molar-refractivity contribution in [3.63, 3.8) is 0 Å². The van der Waals surface area contributed by atoms with Crippen LogP contribution in [0.5, 0.6) is 11.5 Å². The molecule has 15 heteroatoms. The number of carboxylic acid groups (broad SMARTS) is 2. The molecule has 0 spiro atoms. The minimum atomic E-state index is -2.29. The van der Waals surface area contributed by atoms with Crippen molar-refractivity contribution < 1.29 is 69.1 Å². The summed E-state index contributed by atoms with van der Waals surface area (Å²) in [5, 5.41) is 30.5. The number of phenolic OH excluding ortho intramolecular Hbond substituents is 2.